The molecule has 0 aliphatic rings. The van der Waals surface area contributed by atoms with Gasteiger partial charge in [0.25, 0.3) is 0 Å². The van der Waals surface area contributed by atoms with Gasteiger partial charge in [0.05, 0.1) is 0 Å². The van der Waals surface area contributed by atoms with Gasteiger partial charge < -0.3 is 4.90 Å². The Hall–Kier alpha value is -0.300. The lowest BCUT2D eigenvalue weighted by Gasteiger charge is -2.01. The van der Waals surface area contributed by atoms with Crippen LogP contribution in [0.3, 0.4) is 0 Å². The molecule has 0 unspecified atom stereocenters. The molecule has 0 heterocycles. The molecule has 0 bridgehead atoms. The third-order valence-corrected chi connectivity index (χ3v) is 0.577. The molecule has 0 fully saturated rings. The van der Waals surface area contributed by atoms with E-state index in [9.17, 15) is 0 Å². The molecule has 41 valence electrons. The van der Waals surface area contributed by atoms with Crippen molar-refractivity contribution in [2.45, 2.75) is 6.92 Å². The largest absolute Gasteiger partial charge is 0.301 e. The Labute approximate surface area is 45.6 Å². The molecule has 0 aromatic heterocycles. The Morgan fingerprint density at radius 2 is 1.86 bits per heavy atom. The van der Waals surface area contributed by atoms with Crippen molar-refractivity contribution in [1.29, 1.82) is 0 Å². The van der Waals surface area contributed by atoms with Crippen molar-refractivity contribution in [2.24, 2.45) is 0 Å². The SMILES string of the molecule is C/C=C/[CH]N(C)C. The second kappa shape index (κ2) is 3.88. The van der Waals surface area contributed by atoms with Gasteiger partial charge in [0.1, 0.15) is 0 Å². The average molecular weight is 98.2 g/mol. The van der Waals surface area contributed by atoms with Crippen LogP contribution >= 0.6 is 0 Å². The van der Waals surface area contributed by atoms with Crippen molar-refractivity contribution < 1.29 is 0 Å². The molecule has 0 saturated heterocycles. The van der Waals surface area contributed by atoms with Crippen molar-refractivity contribution in [1.82, 2.24) is 4.90 Å². The van der Waals surface area contributed by atoms with Gasteiger partial charge in [-0.15, -0.1) is 0 Å². The maximum Gasteiger partial charge on any atom is 0.0463 e. The minimum atomic E-state index is 2.00. The molecule has 0 N–H and O–H groups in total. The molecule has 0 aliphatic carbocycles. The monoisotopic (exact) mass is 98.1 g/mol. The van der Waals surface area contributed by atoms with Gasteiger partial charge in [0, 0.05) is 6.54 Å². The first-order valence-electron chi connectivity index (χ1n) is 2.40. The van der Waals surface area contributed by atoms with Crippen molar-refractivity contribution in [3.8, 4) is 0 Å². The second-order valence-electron chi connectivity index (χ2n) is 1.64. The summed E-state index contributed by atoms with van der Waals surface area (Å²) in [5.41, 5.74) is 0. The van der Waals surface area contributed by atoms with Crippen LogP contribution in [0.2, 0.25) is 0 Å². The molecule has 0 saturated carbocycles. The van der Waals surface area contributed by atoms with Crippen LogP contribution in [-0.4, -0.2) is 19.0 Å². The fourth-order valence-corrected chi connectivity index (χ4v) is 0.258. The van der Waals surface area contributed by atoms with Crippen molar-refractivity contribution in [3.05, 3.63) is 18.7 Å². The number of rotatable bonds is 2. The summed E-state index contributed by atoms with van der Waals surface area (Å²) >= 11 is 0. The fraction of sp³-hybridized carbons (Fsp3) is 0.500. The first-order chi connectivity index (χ1) is 3.27. The van der Waals surface area contributed by atoms with E-state index in [1.54, 1.807) is 0 Å². The number of hydrogen-bond donors (Lipinski definition) is 0. The van der Waals surface area contributed by atoms with Gasteiger partial charge in [0.15, 0.2) is 0 Å². The lowest BCUT2D eigenvalue weighted by molar-refractivity contribution is 0.521. The summed E-state index contributed by atoms with van der Waals surface area (Å²) in [5, 5.41) is 0. The maximum absolute atomic E-state index is 2.00. The summed E-state index contributed by atoms with van der Waals surface area (Å²) in [6, 6.07) is 0. The highest BCUT2D eigenvalue weighted by molar-refractivity contribution is 4.89. The topological polar surface area (TPSA) is 3.24 Å². The standard InChI is InChI=1S/C6H12N/c1-4-5-6-7(2)3/h4-6H,1-3H3/b5-4+. The summed E-state index contributed by atoms with van der Waals surface area (Å²) in [6.45, 7) is 4.00. The van der Waals surface area contributed by atoms with E-state index in [1.807, 2.05) is 44.6 Å². The molecule has 0 rings (SSSR count). The van der Waals surface area contributed by atoms with E-state index in [-0.39, 0.29) is 0 Å². The van der Waals surface area contributed by atoms with Crippen molar-refractivity contribution in [2.75, 3.05) is 14.1 Å². The smallest absolute Gasteiger partial charge is 0.0463 e. The maximum atomic E-state index is 2.00. The summed E-state index contributed by atoms with van der Waals surface area (Å²) in [5.74, 6) is 0. The lowest BCUT2D eigenvalue weighted by atomic mass is 10.5. The van der Waals surface area contributed by atoms with E-state index in [0.717, 1.165) is 0 Å². The Morgan fingerprint density at radius 1 is 1.29 bits per heavy atom. The Bertz CT molecular complexity index is 55.2. The number of hydrogen-bond acceptors (Lipinski definition) is 1. The van der Waals surface area contributed by atoms with Gasteiger partial charge >= 0.3 is 0 Å². The molecule has 0 aromatic rings. The molecule has 7 heavy (non-hydrogen) atoms. The third kappa shape index (κ3) is 5.70. The molecule has 0 aliphatic heterocycles. The Kier molecular flexibility index (Phi) is 3.71. The Morgan fingerprint density at radius 3 is 2.00 bits per heavy atom. The van der Waals surface area contributed by atoms with E-state index < -0.39 is 0 Å². The van der Waals surface area contributed by atoms with Crippen LogP contribution in [-0.2, 0) is 0 Å². The minimum absolute atomic E-state index is 2.00. The average Bonchev–Trinajstić information content (AvgIpc) is 1.61. The first kappa shape index (κ1) is 6.70. The lowest BCUT2D eigenvalue weighted by Crippen LogP contribution is -2.04. The predicted molar refractivity (Wildman–Crippen MR) is 32.8 cm³/mol. The van der Waals surface area contributed by atoms with Gasteiger partial charge in [-0.2, -0.15) is 0 Å². The zero-order valence-corrected chi connectivity index (χ0v) is 5.18. The molecular formula is C6H12N. The molecule has 1 heteroatoms. The van der Waals surface area contributed by atoms with Crippen LogP contribution in [0, 0.1) is 6.54 Å². The molecule has 1 radical (unpaired) electrons. The van der Waals surface area contributed by atoms with Gasteiger partial charge in [0.2, 0.25) is 0 Å². The zero-order valence-electron chi connectivity index (χ0n) is 5.18. The van der Waals surface area contributed by atoms with Crippen LogP contribution in [0.25, 0.3) is 0 Å². The van der Waals surface area contributed by atoms with Crippen molar-refractivity contribution >= 4 is 0 Å². The van der Waals surface area contributed by atoms with Gasteiger partial charge in [-0.25, -0.2) is 0 Å². The molecule has 0 atom stereocenters. The molecule has 0 aromatic carbocycles. The van der Waals surface area contributed by atoms with E-state index in [4.69, 9.17) is 0 Å². The van der Waals surface area contributed by atoms with Crippen LogP contribution in [0.1, 0.15) is 6.92 Å². The summed E-state index contributed by atoms with van der Waals surface area (Å²) in [7, 11) is 4.00. The van der Waals surface area contributed by atoms with Crippen LogP contribution in [0.4, 0.5) is 0 Å². The second-order valence-corrected chi connectivity index (χ2v) is 1.64. The quantitative estimate of drug-likeness (QED) is 0.503. The highest BCUT2D eigenvalue weighted by Crippen LogP contribution is 1.81. The van der Waals surface area contributed by atoms with E-state index >= 15 is 0 Å². The van der Waals surface area contributed by atoms with Gasteiger partial charge in [-0.3, -0.25) is 0 Å². The molecular weight excluding hydrogens is 86.1 g/mol. The minimum Gasteiger partial charge on any atom is -0.301 e. The number of nitrogens with zero attached hydrogens (tertiary/aromatic N) is 1. The van der Waals surface area contributed by atoms with Crippen LogP contribution < -0.4 is 0 Å². The number of allylic oxidation sites excluding steroid dienone is 1. The predicted octanol–water partition coefficient (Wildman–Crippen LogP) is 1.29. The highest BCUT2D eigenvalue weighted by Gasteiger charge is 1.78. The highest BCUT2D eigenvalue weighted by atomic mass is 15.0. The van der Waals surface area contributed by atoms with Crippen LogP contribution in [0.15, 0.2) is 12.2 Å². The molecule has 1 nitrogen and oxygen atoms in total. The van der Waals surface area contributed by atoms with E-state index in [0.29, 0.717) is 0 Å². The summed E-state index contributed by atoms with van der Waals surface area (Å²) in [4.78, 5) is 2.00. The number of likely N-dealkylation sites (N-methyl/N-ethyl adjacent to an activating group) is 1. The molecule has 0 spiro atoms. The normalized spacial score (nSPS) is 11.4. The van der Waals surface area contributed by atoms with E-state index in [1.165, 1.54) is 0 Å². The van der Waals surface area contributed by atoms with Gasteiger partial charge in [-0.05, 0) is 21.0 Å². The zero-order chi connectivity index (χ0) is 5.70. The first-order valence-corrected chi connectivity index (χ1v) is 2.40. The van der Waals surface area contributed by atoms with E-state index in [2.05, 4.69) is 0 Å². The fourth-order valence-electron chi connectivity index (χ4n) is 0.258. The Balaban J connectivity index is 2.97. The van der Waals surface area contributed by atoms with Crippen LogP contribution in [0.5, 0.6) is 0 Å². The summed E-state index contributed by atoms with van der Waals surface area (Å²) < 4.78 is 0. The molecule has 0 amide bonds. The van der Waals surface area contributed by atoms with Crippen molar-refractivity contribution in [3.63, 3.8) is 0 Å². The summed E-state index contributed by atoms with van der Waals surface area (Å²) in [6.07, 6.45) is 4.00. The van der Waals surface area contributed by atoms with Gasteiger partial charge in [-0.1, -0.05) is 12.2 Å². The third-order valence-electron chi connectivity index (χ3n) is 0.577.